The van der Waals surface area contributed by atoms with Crippen LogP contribution in [0.5, 0.6) is 0 Å². The van der Waals surface area contributed by atoms with Crippen LogP contribution in [0, 0.1) is 0 Å². The Morgan fingerprint density at radius 1 is 0.968 bits per heavy atom. The number of anilines is 1. The van der Waals surface area contributed by atoms with E-state index in [0.29, 0.717) is 5.69 Å². The molecule has 3 aromatic rings. The molecule has 1 heterocycles. The molecule has 6 nitrogen and oxygen atoms in total. The van der Waals surface area contributed by atoms with Crippen LogP contribution in [0.2, 0.25) is 0 Å². The Morgan fingerprint density at radius 2 is 1.61 bits per heavy atom. The number of aliphatic carboxylic acids is 1. The molecule has 0 saturated carbocycles. The van der Waals surface area contributed by atoms with Crippen LogP contribution in [-0.4, -0.2) is 34.7 Å². The van der Waals surface area contributed by atoms with Crippen molar-refractivity contribution in [2.45, 2.75) is 24.9 Å². The molecule has 6 heteroatoms. The molecule has 1 aliphatic carbocycles. The van der Waals surface area contributed by atoms with E-state index in [-0.39, 0.29) is 25.5 Å². The van der Waals surface area contributed by atoms with Crippen molar-refractivity contribution in [2.75, 3.05) is 12.3 Å². The van der Waals surface area contributed by atoms with Crippen LogP contribution in [0.15, 0.2) is 66.7 Å². The lowest BCUT2D eigenvalue weighted by Gasteiger charge is -2.34. The monoisotopic (exact) mass is 414 g/mol. The second kappa shape index (κ2) is 7.47. The molecule has 0 aromatic heterocycles. The van der Waals surface area contributed by atoms with Gasteiger partial charge in [-0.25, -0.2) is 9.59 Å². The van der Waals surface area contributed by atoms with E-state index >= 15 is 0 Å². The fraction of sp³-hybridized carbons (Fsp3) is 0.200. The summed E-state index contributed by atoms with van der Waals surface area (Å²) in [4.78, 5) is 26.1. The van der Waals surface area contributed by atoms with Crippen molar-refractivity contribution in [1.82, 2.24) is 4.90 Å². The molecule has 0 bridgehead atoms. The van der Waals surface area contributed by atoms with Gasteiger partial charge >= 0.3 is 12.1 Å². The van der Waals surface area contributed by atoms with Gasteiger partial charge in [0.2, 0.25) is 0 Å². The first-order valence-corrected chi connectivity index (χ1v) is 10.2. The van der Waals surface area contributed by atoms with Crippen molar-refractivity contribution in [3.63, 3.8) is 0 Å². The summed E-state index contributed by atoms with van der Waals surface area (Å²) in [6.07, 6.45) is -0.392. The molecule has 0 unspecified atom stereocenters. The lowest BCUT2D eigenvalue weighted by Crippen LogP contribution is -2.49. The molecular weight excluding hydrogens is 392 g/mol. The van der Waals surface area contributed by atoms with E-state index in [0.717, 1.165) is 33.4 Å². The Kier molecular flexibility index (Phi) is 4.62. The number of nitrogens with zero attached hydrogens (tertiary/aromatic N) is 1. The first-order valence-electron chi connectivity index (χ1n) is 10.2. The summed E-state index contributed by atoms with van der Waals surface area (Å²) in [5, 5.41) is 9.70. The SMILES string of the molecule is Nc1ccc2c(c1)CN(C(=O)OCC1c3ccccc3-c3ccccc31)[C@H](C(=O)O)C2. The Bertz CT molecular complexity index is 1140. The summed E-state index contributed by atoms with van der Waals surface area (Å²) >= 11 is 0. The van der Waals surface area contributed by atoms with Gasteiger partial charge in [-0.05, 0) is 45.5 Å². The predicted molar refractivity (Wildman–Crippen MR) is 117 cm³/mol. The molecular formula is C25H22N2O4. The average molecular weight is 414 g/mol. The lowest BCUT2D eigenvalue weighted by molar-refractivity contribution is -0.143. The van der Waals surface area contributed by atoms with Gasteiger partial charge in [-0.3, -0.25) is 4.90 Å². The summed E-state index contributed by atoms with van der Waals surface area (Å²) in [6, 6.07) is 20.6. The van der Waals surface area contributed by atoms with Crippen molar-refractivity contribution in [2.24, 2.45) is 0 Å². The highest BCUT2D eigenvalue weighted by Gasteiger charge is 2.37. The van der Waals surface area contributed by atoms with Gasteiger partial charge in [0.05, 0.1) is 6.54 Å². The number of carboxylic acid groups (broad SMARTS) is 1. The molecule has 1 amide bonds. The number of carbonyl (C=O) groups is 2. The second-order valence-electron chi connectivity index (χ2n) is 8.02. The topological polar surface area (TPSA) is 92.9 Å². The summed E-state index contributed by atoms with van der Waals surface area (Å²) < 4.78 is 5.70. The number of nitrogen functional groups attached to an aromatic ring is 1. The fourth-order valence-electron chi connectivity index (χ4n) is 4.69. The molecule has 0 fully saturated rings. The molecule has 3 N–H and O–H groups in total. The number of hydrogen-bond acceptors (Lipinski definition) is 4. The number of carboxylic acids is 1. The van der Waals surface area contributed by atoms with Crippen LogP contribution >= 0.6 is 0 Å². The lowest BCUT2D eigenvalue weighted by atomic mass is 9.94. The first-order chi connectivity index (χ1) is 15.0. The van der Waals surface area contributed by atoms with E-state index in [9.17, 15) is 14.7 Å². The number of rotatable bonds is 3. The van der Waals surface area contributed by atoms with Gasteiger partial charge in [0.15, 0.2) is 0 Å². The van der Waals surface area contributed by atoms with Crippen molar-refractivity contribution in [3.8, 4) is 11.1 Å². The van der Waals surface area contributed by atoms with Crippen molar-refractivity contribution >= 4 is 17.7 Å². The minimum Gasteiger partial charge on any atom is -0.480 e. The molecule has 156 valence electrons. The number of fused-ring (bicyclic) bond motifs is 4. The quantitative estimate of drug-likeness (QED) is 0.631. The Hall–Kier alpha value is -3.80. The van der Waals surface area contributed by atoms with Gasteiger partial charge in [-0.15, -0.1) is 0 Å². The molecule has 5 rings (SSSR count). The molecule has 0 saturated heterocycles. The Labute approximate surface area is 179 Å². The first kappa shape index (κ1) is 19.2. The summed E-state index contributed by atoms with van der Waals surface area (Å²) in [7, 11) is 0. The van der Waals surface area contributed by atoms with Gasteiger partial charge in [-0.2, -0.15) is 0 Å². The molecule has 31 heavy (non-hydrogen) atoms. The zero-order valence-corrected chi connectivity index (χ0v) is 16.8. The highest BCUT2D eigenvalue weighted by molar-refractivity contribution is 5.82. The highest BCUT2D eigenvalue weighted by atomic mass is 16.6. The molecule has 1 atom stereocenters. The minimum atomic E-state index is -1.05. The van der Waals surface area contributed by atoms with Crippen LogP contribution in [0.1, 0.15) is 28.2 Å². The smallest absolute Gasteiger partial charge is 0.410 e. The Balaban J connectivity index is 1.38. The molecule has 0 radical (unpaired) electrons. The van der Waals surface area contributed by atoms with Gasteiger partial charge in [0.1, 0.15) is 12.6 Å². The van der Waals surface area contributed by atoms with Crippen molar-refractivity contribution in [3.05, 3.63) is 89.0 Å². The number of benzene rings is 3. The third kappa shape index (κ3) is 3.30. The van der Waals surface area contributed by atoms with Crippen LogP contribution in [0.3, 0.4) is 0 Å². The standard InChI is InChI=1S/C25H22N2O4/c26-17-10-9-15-12-23(24(28)29)27(13-16(15)11-17)25(30)31-14-22-20-7-3-1-5-18(20)19-6-2-4-8-21(19)22/h1-11,22-23H,12-14,26H2,(H,28,29)/t23-/m0/s1. The number of nitrogens with two attached hydrogens (primary N) is 1. The summed E-state index contributed by atoms with van der Waals surface area (Å²) in [5.41, 5.74) is 12.7. The number of hydrogen-bond donors (Lipinski definition) is 2. The zero-order valence-electron chi connectivity index (χ0n) is 16.8. The van der Waals surface area contributed by atoms with E-state index in [2.05, 4.69) is 12.1 Å². The highest BCUT2D eigenvalue weighted by Crippen LogP contribution is 2.44. The van der Waals surface area contributed by atoms with Gasteiger partial charge in [0, 0.05) is 18.0 Å². The molecule has 1 aliphatic heterocycles. The van der Waals surface area contributed by atoms with Crippen LogP contribution in [0.4, 0.5) is 10.5 Å². The number of ether oxygens (including phenoxy) is 1. The fourth-order valence-corrected chi connectivity index (χ4v) is 4.69. The van der Waals surface area contributed by atoms with Crippen molar-refractivity contribution in [1.29, 1.82) is 0 Å². The maximum Gasteiger partial charge on any atom is 0.410 e. The van der Waals surface area contributed by atoms with Gasteiger partial charge in [-0.1, -0.05) is 54.6 Å². The van der Waals surface area contributed by atoms with E-state index < -0.39 is 18.1 Å². The predicted octanol–water partition coefficient (Wildman–Crippen LogP) is 4.03. The Morgan fingerprint density at radius 3 is 2.26 bits per heavy atom. The normalized spacial score (nSPS) is 16.9. The average Bonchev–Trinajstić information content (AvgIpc) is 3.10. The van der Waals surface area contributed by atoms with Gasteiger partial charge < -0.3 is 15.6 Å². The third-order valence-electron chi connectivity index (χ3n) is 6.22. The van der Waals surface area contributed by atoms with E-state index in [1.807, 2.05) is 42.5 Å². The van der Waals surface area contributed by atoms with E-state index in [1.165, 1.54) is 4.90 Å². The maximum atomic E-state index is 13.0. The molecule has 3 aromatic carbocycles. The van der Waals surface area contributed by atoms with E-state index in [4.69, 9.17) is 10.5 Å². The molecule has 0 spiro atoms. The second-order valence-corrected chi connectivity index (χ2v) is 8.02. The van der Waals surface area contributed by atoms with Gasteiger partial charge in [0.25, 0.3) is 0 Å². The minimum absolute atomic E-state index is 0.0765. The van der Waals surface area contributed by atoms with Crippen LogP contribution in [0.25, 0.3) is 11.1 Å². The number of amides is 1. The molecule has 2 aliphatic rings. The van der Waals surface area contributed by atoms with Crippen molar-refractivity contribution < 1.29 is 19.4 Å². The number of carbonyl (C=O) groups excluding carboxylic acids is 1. The maximum absolute atomic E-state index is 13.0. The van der Waals surface area contributed by atoms with Crippen LogP contribution in [-0.2, 0) is 22.5 Å². The summed E-state index contributed by atoms with van der Waals surface area (Å²) in [5.74, 6) is -1.12. The third-order valence-corrected chi connectivity index (χ3v) is 6.22. The van der Waals surface area contributed by atoms with Crippen LogP contribution < -0.4 is 5.73 Å². The zero-order chi connectivity index (χ0) is 21.5. The largest absolute Gasteiger partial charge is 0.480 e. The van der Waals surface area contributed by atoms with E-state index in [1.54, 1.807) is 12.1 Å². The summed E-state index contributed by atoms with van der Waals surface area (Å²) in [6.45, 7) is 0.313.